The standard InChI is InChI=1S/C21H28FN3O3.HI/c1-5-23-21(25-14-16-10-11-18(26-3)17(22)12-16)24-13-15(2)28-20-9-7-6-8-19(20)27-4;/h6-12,15H,5,13-14H2,1-4H3,(H2,23,24,25);1H. The van der Waals surface area contributed by atoms with E-state index in [1.807, 2.05) is 38.1 Å². The van der Waals surface area contributed by atoms with Crippen molar-refractivity contribution in [1.29, 1.82) is 0 Å². The van der Waals surface area contributed by atoms with E-state index in [9.17, 15) is 4.39 Å². The van der Waals surface area contributed by atoms with Crippen LogP contribution in [0, 0.1) is 5.82 Å². The number of nitrogens with zero attached hydrogens (tertiary/aromatic N) is 1. The molecular formula is C21H29FIN3O3. The van der Waals surface area contributed by atoms with E-state index in [1.165, 1.54) is 13.2 Å². The maximum atomic E-state index is 13.8. The van der Waals surface area contributed by atoms with E-state index in [0.29, 0.717) is 37.1 Å². The lowest BCUT2D eigenvalue weighted by Gasteiger charge is -2.19. The summed E-state index contributed by atoms with van der Waals surface area (Å²) in [5.41, 5.74) is 0.758. The van der Waals surface area contributed by atoms with E-state index in [2.05, 4.69) is 15.6 Å². The summed E-state index contributed by atoms with van der Waals surface area (Å²) in [6, 6.07) is 12.3. The molecule has 0 fully saturated rings. The molecule has 6 nitrogen and oxygen atoms in total. The van der Waals surface area contributed by atoms with Gasteiger partial charge in [-0.05, 0) is 43.7 Å². The van der Waals surface area contributed by atoms with Crippen LogP contribution >= 0.6 is 24.0 Å². The van der Waals surface area contributed by atoms with Gasteiger partial charge in [-0.1, -0.05) is 18.2 Å². The first kappa shape index (κ1) is 24.8. The molecule has 160 valence electrons. The number of para-hydroxylation sites is 2. The zero-order chi connectivity index (χ0) is 20.4. The van der Waals surface area contributed by atoms with Gasteiger partial charge in [-0.3, -0.25) is 0 Å². The molecule has 0 amide bonds. The van der Waals surface area contributed by atoms with Gasteiger partial charge in [0.1, 0.15) is 6.10 Å². The van der Waals surface area contributed by atoms with Crippen LogP contribution in [0.2, 0.25) is 0 Å². The summed E-state index contributed by atoms with van der Waals surface area (Å²) in [6.07, 6.45) is -0.112. The van der Waals surface area contributed by atoms with Crippen molar-refractivity contribution in [1.82, 2.24) is 10.6 Å². The maximum absolute atomic E-state index is 13.8. The molecule has 2 rings (SSSR count). The molecule has 0 aliphatic heterocycles. The normalized spacial score (nSPS) is 11.8. The Morgan fingerprint density at radius 1 is 1.03 bits per heavy atom. The van der Waals surface area contributed by atoms with Crippen LogP contribution in [0.4, 0.5) is 4.39 Å². The fourth-order valence-corrected chi connectivity index (χ4v) is 2.54. The van der Waals surface area contributed by atoms with Gasteiger partial charge < -0.3 is 24.8 Å². The summed E-state index contributed by atoms with van der Waals surface area (Å²) in [6.45, 7) is 5.55. The van der Waals surface area contributed by atoms with Crippen molar-refractivity contribution in [3.8, 4) is 17.2 Å². The Kier molecular flexibility index (Phi) is 11.2. The zero-order valence-electron chi connectivity index (χ0n) is 17.2. The molecule has 8 heteroatoms. The molecule has 29 heavy (non-hydrogen) atoms. The van der Waals surface area contributed by atoms with E-state index in [1.54, 1.807) is 19.2 Å². The first-order chi connectivity index (χ1) is 13.6. The molecule has 1 unspecified atom stereocenters. The minimum absolute atomic E-state index is 0. The van der Waals surface area contributed by atoms with E-state index < -0.39 is 5.82 Å². The van der Waals surface area contributed by atoms with Crippen LogP contribution < -0.4 is 24.8 Å². The molecule has 0 spiro atoms. The molecule has 0 aliphatic rings. The summed E-state index contributed by atoms with van der Waals surface area (Å²) >= 11 is 0. The van der Waals surface area contributed by atoms with Gasteiger partial charge in [0.2, 0.25) is 0 Å². The number of benzene rings is 2. The SMILES string of the molecule is CCNC(=NCc1ccc(OC)c(F)c1)NCC(C)Oc1ccccc1OC.I. The van der Waals surface area contributed by atoms with Gasteiger partial charge in [-0.25, -0.2) is 9.38 Å². The second kappa shape index (κ2) is 13.1. The third-order valence-electron chi connectivity index (χ3n) is 3.93. The topological polar surface area (TPSA) is 64.1 Å². The Balaban J connectivity index is 0.00000420. The first-order valence-corrected chi connectivity index (χ1v) is 9.21. The average Bonchev–Trinajstić information content (AvgIpc) is 2.70. The van der Waals surface area contributed by atoms with Gasteiger partial charge in [0, 0.05) is 6.54 Å². The van der Waals surface area contributed by atoms with Crippen molar-refractivity contribution in [3.05, 3.63) is 53.8 Å². The van der Waals surface area contributed by atoms with Gasteiger partial charge in [0.25, 0.3) is 0 Å². The van der Waals surface area contributed by atoms with Crippen molar-refractivity contribution >= 4 is 29.9 Å². The highest BCUT2D eigenvalue weighted by molar-refractivity contribution is 14.0. The maximum Gasteiger partial charge on any atom is 0.191 e. The fraction of sp³-hybridized carbons (Fsp3) is 0.381. The number of aliphatic imine (C=N–C) groups is 1. The molecular weight excluding hydrogens is 488 g/mol. The summed E-state index contributed by atoms with van der Waals surface area (Å²) < 4.78 is 30.0. The average molecular weight is 517 g/mol. The van der Waals surface area contributed by atoms with Crippen molar-refractivity contribution in [2.24, 2.45) is 4.99 Å². The highest BCUT2D eigenvalue weighted by Crippen LogP contribution is 2.26. The molecule has 0 saturated heterocycles. The number of guanidine groups is 1. The van der Waals surface area contributed by atoms with Gasteiger partial charge in [0.05, 0.1) is 27.3 Å². The van der Waals surface area contributed by atoms with Crippen LogP contribution in [0.3, 0.4) is 0 Å². The zero-order valence-corrected chi connectivity index (χ0v) is 19.5. The number of hydrogen-bond acceptors (Lipinski definition) is 4. The molecule has 2 aromatic carbocycles. The molecule has 0 heterocycles. The lowest BCUT2D eigenvalue weighted by atomic mass is 10.2. The predicted molar refractivity (Wildman–Crippen MR) is 124 cm³/mol. The second-order valence-electron chi connectivity index (χ2n) is 6.12. The van der Waals surface area contributed by atoms with Crippen LogP contribution in [-0.2, 0) is 6.54 Å². The number of methoxy groups -OCH3 is 2. The van der Waals surface area contributed by atoms with Crippen molar-refractivity contribution in [3.63, 3.8) is 0 Å². The molecule has 0 bridgehead atoms. The van der Waals surface area contributed by atoms with Crippen LogP contribution in [0.25, 0.3) is 0 Å². The monoisotopic (exact) mass is 517 g/mol. The second-order valence-corrected chi connectivity index (χ2v) is 6.12. The Hall–Kier alpha value is -2.23. The highest BCUT2D eigenvalue weighted by atomic mass is 127. The molecule has 0 radical (unpaired) electrons. The third kappa shape index (κ3) is 7.96. The predicted octanol–water partition coefficient (Wildman–Crippen LogP) is 3.98. The molecule has 2 N–H and O–H groups in total. The van der Waals surface area contributed by atoms with Crippen molar-refractivity contribution in [2.45, 2.75) is 26.5 Å². The fourth-order valence-electron chi connectivity index (χ4n) is 2.54. The lowest BCUT2D eigenvalue weighted by Crippen LogP contribution is -2.41. The quantitative estimate of drug-likeness (QED) is 0.300. The van der Waals surface area contributed by atoms with Crippen LogP contribution in [-0.4, -0.2) is 39.4 Å². The highest BCUT2D eigenvalue weighted by Gasteiger charge is 2.09. The summed E-state index contributed by atoms with van der Waals surface area (Å²) in [7, 11) is 3.06. The van der Waals surface area contributed by atoms with Crippen molar-refractivity contribution in [2.75, 3.05) is 27.3 Å². The Morgan fingerprint density at radius 3 is 2.34 bits per heavy atom. The lowest BCUT2D eigenvalue weighted by molar-refractivity contribution is 0.213. The van der Waals surface area contributed by atoms with Crippen LogP contribution in [0.1, 0.15) is 19.4 Å². The van der Waals surface area contributed by atoms with Gasteiger partial charge in [-0.2, -0.15) is 0 Å². The smallest absolute Gasteiger partial charge is 0.191 e. The van der Waals surface area contributed by atoms with E-state index in [4.69, 9.17) is 14.2 Å². The van der Waals surface area contributed by atoms with Gasteiger partial charge in [0.15, 0.2) is 29.0 Å². The Morgan fingerprint density at radius 2 is 1.72 bits per heavy atom. The van der Waals surface area contributed by atoms with E-state index in [-0.39, 0.29) is 35.8 Å². The van der Waals surface area contributed by atoms with Crippen molar-refractivity contribution < 1.29 is 18.6 Å². The Bertz CT molecular complexity index is 790. The van der Waals surface area contributed by atoms with E-state index >= 15 is 0 Å². The Labute approximate surface area is 188 Å². The minimum atomic E-state index is -0.396. The summed E-state index contributed by atoms with van der Waals surface area (Å²) in [5.74, 6) is 1.84. The molecule has 0 aliphatic carbocycles. The van der Waals surface area contributed by atoms with E-state index in [0.717, 1.165) is 5.56 Å². The van der Waals surface area contributed by atoms with Crippen LogP contribution in [0.5, 0.6) is 17.2 Å². The molecule has 1 atom stereocenters. The number of ether oxygens (including phenoxy) is 3. The number of nitrogens with one attached hydrogen (secondary N) is 2. The number of halogens is 2. The summed E-state index contributed by atoms with van der Waals surface area (Å²) in [5, 5.41) is 6.41. The minimum Gasteiger partial charge on any atom is -0.494 e. The molecule has 0 aromatic heterocycles. The molecule has 0 saturated carbocycles. The largest absolute Gasteiger partial charge is 0.494 e. The van der Waals surface area contributed by atoms with Gasteiger partial charge >= 0.3 is 0 Å². The summed E-state index contributed by atoms with van der Waals surface area (Å²) in [4.78, 5) is 4.50. The first-order valence-electron chi connectivity index (χ1n) is 9.21. The number of rotatable bonds is 9. The number of hydrogen-bond donors (Lipinski definition) is 2. The van der Waals surface area contributed by atoms with Gasteiger partial charge in [-0.15, -0.1) is 24.0 Å². The third-order valence-corrected chi connectivity index (χ3v) is 3.93. The molecule has 2 aromatic rings. The van der Waals surface area contributed by atoms with Crippen LogP contribution in [0.15, 0.2) is 47.5 Å².